The van der Waals surface area contributed by atoms with Crippen molar-refractivity contribution in [3.8, 4) is 0 Å². The maximum atomic E-state index is 14.0. The molecule has 8 heteroatoms. The van der Waals surface area contributed by atoms with E-state index >= 15 is 0 Å². The topological polar surface area (TPSA) is 66.3 Å². The Labute approximate surface area is 187 Å². The Morgan fingerprint density at radius 1 is 0.969 bits per heavy atom. The zero-order chi connectivity index (χ0) is 22.1. The second-order valence-electron chi connectivity index (χ2n) is 8.74. The number of anilines is 1. The number of carbonyl (C=O) groups is 1. The molecule has 1 saturated heterocycles. The van der Waals surface area contributed by atoms with E-state index in [1.165, 1.54) is 18.9 Å². The fourth-order valence-electron chi connectivity index (χ4n) is 5.23. The van der Waals surface area contributed by atoms with Gasteiger partial charge in [0, 0.05) is 56.9 Å². The van der Waals surface area contributed by atoms with E-state index in [-0.39, 0.29) is 11.7 Å². The van der Waals surface area contributed by atoms with Crippen LogP contribution in [0.2, 0.25) is 0 Å². The van der Waals surface area contributed by atoms with Crippen molar-refractivity contribution in [1.29, 1.82) is 0 Å². The number of benzene rings is 1. The molecule has 168 valence electrons. The third-order valence-corrected chi connectivity index (χ3v) is 7.03. The lowest BCUT2D eigenvalue weighted by atomic mass is 9.89. The summed E-state index contributed by atoms with van der Waals surface area (Å²) in [6.07, 6.45) is 6.63. The number of fused-ring (bicyclic) bond motifs is 1. The molecule has 2 aliphatic rings. The molecular weight excluding hydrogens is 407 g/mol. The van der Waals surface area contributed by atoms with Gasteiger partial charge in [-0.1, -0.05) is 6.07 Å². The van der Waals surface area contributed by atoms with E-state index in [0.29, 0.717) is 17.8 Å². The minimum atomic E-state index is -0.220. The lowest BCUT2D eigenvalue weighted by Gasteiger charge is -2.42. The molecule has 0 unspecified atom stereocenters. The number of nitrogens with zero attached hydrogens (tertiary/aromatic N) is 5. The summed E-state index contributed by atoms with van der Waals surface area (Å²) >= 11 is 0. The molecule has 0 radical (unpaired) electrons. The molecule has 2 fully saturated rings. The summed E-state index contributed by atoms with van der Waals surface area (Å²) in [5.41, 5.74) is 1.34. The molecule has 7 nitrogen and oxygen atoms in total. The lowest BCUT2D eigenvalue weighted by molar-refractivity contribution is 0.0957. The maximum Gasteiger partial charge on any atom is 0.271 e. The molecule has 3 heterocycles. The highest BCUT2D eigenvalue weighted by Crippen LogP contribution is 2.34. The average Bonchev–Trinajstić information content (AvgIpc) is 3.29. The number of halogens is 1. The molecule has 1 saturated carbocycles. The van der Waals surface area contributed by atoms with Crippen LogP contribution in [0.5, 0.6) is 0 Å². The molecule has 1 aliphatic carbocycles. The van der Waals surface area contributed by atoms with Crippen LogP contribution < -0.4 is 10.2 Å². The molecule has 1 N–H and O–H groups in total. The minimum absolute atomic E-state index is 0.138. The quantitative estimate of drug-likeness (QED) is 0.680. The van der Waals surface area contributed by atoms with Gasteiger partial charge in [0.25, 0.3) is 5.91 Å². The van der Waals surface area contributed by atoms with E-state index in [1.807, 2.05) is 24.4 Å². The summed E-state index contributed by atoms with van der Waals surface area (Å²) in [4.78, 5) is 16.5. The van der Waals surface area contributed by atoms with Crippen LogP contribution in [0.15, 0.2) is 42.6 Å². The fraction of sp³-hybridized carbons (Fsp3) is 0.458. The van der Waals surface area contributed by atoms with Gasteiger partial charge >= 0.3 is 0 Å². The highest BCUT2D eigenvalue weighted by Gasteiger charge is 2.29. The van der Waals surface area contributed by atoms with Crippen molar-refractivity contribution in [2.45, 2.75) is 37.8 Å². The first-order valence-electron chi connectivity index (χ1n) is 11.4. The Hall–Kier alpha value is -3.00. The first-order chi connectivity index (χ1) is 15.6. The van der Waals surface area contributed by atoms with Gasteiger partial charge in [-0.05, 0) is 56.0 Å². The second kappa shape index (κ2) is 8.86. The molecule has 2 aromatic heterocycles. The van der Waals surface area contributed by atoms with Gasteiger partial charge in [-0.3, -0.25) is 9.69 Å². The van der Waals surface area contributed by atoms with E-state index in [9.17, 15) is 9.18 Å². The van der Waals surface area contributed by atoms with Crippen LogP contribution >= 0.6 is 0 Å². The van der Waals surface area contributed by atoms with E-state index in [2.05, 4.69) is 29.9 Å². The molecule has 0 atom stereocenters. The molecule has 0 spiro atoms. The Kier molecular flexibility index (Phi) is 5.78. The predicted octanol–water partition coefficient (Wildman–Crippen LogP) is 3.24. The summed E-state index contributed by atoms with van der Waals surface area (Å²) in [5.74, 6) is 0.469. The van der Waals surface area contributed by atoms with Crippen LogP contribution in [0.3, 0.4) is 0 Å². The van der Waals surface area contributed by atoms with Crippen LogP contribution in [0.1, 0.15) is 42.2 Å². The maximum absolute atomic E-state index is 14.0. The SMILES string of the molecule is CNC(=O)c1ccc(N2CCN([C@H]3CC[C@@H](n4ccc5c(F)cccc54)CC3)CC2)nn1. The van der Waals surface area contributed by atoms with Crippen molar-refractivity contribution in [3.63, 3.8) is 0 Å². The standard InChI is InChI=1S/C24H29FN6O/c1-26-24(32)21-9-10-23(28-27-21)30-15-13-29(14-16-30)17-5-7-18(8-6-17)31-12-11-19-20(25)3-2-4-22(19)31/h2-4,9-12,17-18H,5-8,13-16H2,1H3,(H,26,32)/t17-,18+. The monoisotopic (exact) mass is 436 g/mol. The first-order valence-corrected chi connectivity index (χ1v) is 11.4. The Bertz CT molecular complexity index is 1080. The average molecular weight is 437 g/mol. The van der Waals surface area contributed by atoms with Crippen LogP contribution in [0, 0.1) is 5.82 Å². The Balaban J connectivity index is 1.15. The Morgan fingerprint density at radius 3 is 2.41 bits per heavy atom. The summed E-state index contributed by atoms with van der Waals surface area (Å²) in [7, 11) is 1.59. The molecule has 1 amide bonds. The zero-order valence-corrected chi connectivity index (χ0v) is 18.4. The highest BCUT2D eigenvalue weighted by atomic mass is 19.1. The van der Waals surface area contributed by atoms with Crippen molar-refractivity contribution in [1.82, 2.24) is 25.0 Å². The van der Waals surface area contributed by atoms with Gasteiger partial charge in [0.15, 0.2) is 11.5 Å². The summed E-state index contributed by atoms with van der Waals surface area (Å²) < 4.78 is 16.3. The number of rotatable bonds is 4. The summed E-state index contributed by atoms with van der Waals surface area (Å²) in [6, 6.07) is 11.9. The van der Waals surface area contributed by atoms with E-state index in [1.54, 1.807) is 19.2 Å². The smallest absolute Gasteiger partial charge is 0.271 e. The van der Waals surface area contributed by atoms with Gasteiger partial charge in [-0.25, -0.2) is 4.39 Å². The number of hydrogen-bond acceptors (Lipinski definition) is 5. The summed E-state index contributed by atoms with van der Waals surface area (Å²) in [5, 5.41) is 11.6. The molecule has 0 bridgehead atoms. The summed E-state index contributed by atoms with van der Waals surface area (Å²) in [6.45, 7) is 3.84. The lowest BCUT2D eigenvalue weighted by Crippen LogP contribution is -2.51. The Morgan fingerprint density at radius 2 is 1.72 bits per heavy atom. The second-order valence-corrected chi connectivity index (χ2v) is 8.74. The molecular formula is C24H29FN6O. The van der Waals surface area contributed by atoms with Crippen molar-refractivity contribution < 1.29 is 9.18 Å². The van der Waals surface area contributed by atoms with Gasteiger partial charge in [-0.15, -0.1) is 10.2 Å². The minimum Gasteiger partial charge on any atom is -0.354 e. The number of amides is 1. The number of aromatic nitrogens is 3. The van der Waals surface area contributed by atoms with E-state index in [4.69, 9.17) is 0 Å². The van der Waals surface area contributed by atoms with Crippen LogP contribution in [0.4, 0.5) is 10.2 Å². The van der Waals surface area contributed by atoms with Crippen molar-refractivity contribution in [3.05, 3.63) is 54.1 Å². The molecule has 5 rings (SSSR count). The highest BCUT2D eigenvalue weighted by molar-refractivity contribution is 5.91. The first kappa shape index (κ1) is 20.9. The fourth-order valence-corrected chi connectivity index (χ4v) is 5.23. The van der Waals surface area contributed by atoms with Crippen LogP contribution in [0.25, 0.3) is 10.9 Å². The van der Waals surface area contributed by atoms with Gasteiger partial charge < -0.3 is 14.8 Å². The molecule has 3 aromatic rings. The normalized spacial score (nSPS) is 22.2. The third kappa shape index (κ3) is 3.95. The van der Waals surface area contributed by atoms with Crippen molar-refractivity contribution >= 4 is 22.6 Å². The van der Waals surface area contributed by atoms with Crippen LogP contribution in [-0.2, 0) is 0 Å². The van der Waals surface area contributed by atoms with Gasteiger partial charge in [0.2, 0.25) is 0 Å². The molecule has 1 aromatic carbocycles. The van der Waals surface area contributed by atoms with Gasteiger partial charge in [0.1, 0.15) is 5.82 Å². The number of nitrogens with one attached hydrogen (secondary N) is 1. The third-order valence-electron chi connectivity index (χ3n) is 7.03. The number of piperazine rings is 1. The molecule has 1 aliphatic heterocycles. The van der Waals surface area contributed by atoms with Crippen molar-refractivity contribution in [2.75, 3.05) is 38.1 Å². The van der Waals surface area contributed by atoms with Crippen LogP contribution in [-0.4, -0.2) is 64.8 Å². The predicted molar refractivity (Wildman–Crippen MR) is 122 cm³/mol. The van der Waals surface area contributed by atoms with Crippen molar-refractivity contribution in [2.24, 2.45) is 0 Å². The number of carbonyl (C=O) groups excluding carboxylic acids is 1. The largest absolute Gasteiger partial charge is 0.354 e. The zero-order valence-electron chi connectivity index (χ0n) is 18.4. The van der Waals surface area contributed by atoms with Gasteiger partial charge in [-0.2, -0.15) is 0 Å². The number of hydrogen-bond donors (Lipinski definition) is 1. The van der Waals surface area contributed by atoms with E-state index in [0.717, 1.165) is 55.7 Å². The van der Waals surface area contributed by atoms with E-state index < -0.39 is 0 Å². The molecule has 32 heavy (non-hydrogen) atoms. The van der Waals surface area contributed by atoms with Gasteiger partial charge in [0.05, 0.1) is 5.52 Å².